The summed E-state index contributed by atoms with van der Waals surface area (Å²) in [5.74, 6) is 0. The molecule has 1 aromatic rings. The highest BCUT2D eigenvalue weighted by molar-refractivity contribution is 5.60. The maximum atomic E-state index is 6.14. The van der Waals surface area contributed by atoms with Crippen molar-refractivity contribution in [3.8, 4) is 0 Å². The van der Waals surface area contributed by atoms with E-state index in [1.165, 1.54) is 24.1 Å². The number of anilines is 1. The van der Waals surface area contributed by atoms with Crippen LogP contribution in [0, 0.1) is 6.92 Å². The van der Waals surface area contributed by atoms with Crippen molar-refractivity contribution in [1.29, 1.82) is 0 Å². The molecular formula is C13H18N2. The Hall–Kier alpha value is -1.02. The van der Waals surface area contributed by atoms with E-state index in [1.807, 2.05) is 0 Å². The van der Waals surface area contributed by atoms with Gasteiger partial charge in [0, 0.05) is 24.3 Å². The molecule has 0 radical (unpaired) electrons. The first-order valence-corrected chi connectivity index (χ1v) is 5.88. The third kappa shape index (κ3) is 1.28. The second-order valence-corrected chi connectivity index (χ2v) is 4.82. The number of hydrogen-bond donors (Lipinski definition) is 1. The van der Waals surface area contributed by atoms with Crippen LogP contribution in [0.1, 0.15) is 24.0 Å². The van der Waals surface area contributed by atoms with E-state index in [2.05, 4.69) is 30.0 Å². The van der Waals surface area contributed by atoms with E-state index in [0.717, 1.165) is 13.0 Å². The molecule has 1 saturated heterocycles. The van der Waals surface area contributed by atoms with Crippen LogP contribution in [0.15, 0.2) is 18.2 Å². The first-order chi connectivity index (χ1) is 7.27. The molecule has 0 amide bonds. The fraction of sp³-hybridized carbons (Fsp3) is 0.538. The minimum Gasteiger partial charge on any atom is -0.367 e. The van der Waals surface area contributed by atoms with E-state index >= 15 is 0 Å². The lowest BCUT2D eigenvalue weighted by atomic mass is 9.92. The van der Waals surface area contributed by atoms with E-state index in [4.69, 9.17) is 5.73 Å². The Bertz CT molecular complexity index is 386. The van der Waals surface area contributed by atoms with Gasteiger partial charge in [-0.3, -0.25) is 0 Å². The summed E-state index contributed by atoms with van der Waals surface area (Å²) in [5, 5.41) is 0. The highest BCUT2D eigenvalue weighted by atomic mass is 15.2. The lowest BCUT2D eigenvalue weighted by Crippen LogP contribution is -2.42. The summed E-state index contributed by atoms with van der Waals surface area (Å²) in [4.78, 5) is 2.52. The highest BCUT2D eigenvalue weighted by Gasteiger charge is 2.35. The van der Waals surface area contributed by atoms with Crippen molar-refractivity contribution < 1.29 is 0 Å². The van der Waals surface area contributed by atoms with Crippen LogP contribution in [0.4, 0.5) is 5.69 Å². The van der Waals surface area contributed by atoms with Crippen molar-refractivity contribution in [2.75, 3.05) is 11.4 Å². The number of benzene rings is 1. The van der Waals surface area contributed by atoms with E-state index in [0.29, 0.717) is 12.1 Å². The Labute approximate surface area is 91.1 Å². The van der Waals surface area contributed by atoms with Gasteiger partial charge in [0.1, 0.15) is 0 Å². The molecule has 2 atom stereocenters. The number of aryl methyl sites for hydroxylation is 1. The van der Waals surface area contributed by atoms with Crippen LogP contribution in [0.25, 0.3) is 0 Å². The van der Waals surface area contributed by atoms with Crippen molar-refractivity contribution in [3.63, 3.8) is 0 Å². The summed E-state index contributed by atoms with van der Waals surface area (Å²) in [6.07, 6.45) is 3.59. The molecule has 1 fully saturated rings. The minimum absolute atomic E-state index is 0.388. The standard InChI is InChI=1S/C13H18N2/c1-9-3-2-4-12-10(9)5-6-13-11(14)7-8-15(12)13/h2-4,11,13H,5-8,14H2,1H3. The predicted octanol–water partition coefficient (Wildman–Crippen LogP) is 1.85. The summed E-state index contributed by atoms with van der Waals surface area (Å²) in [5.41, 5.74) is 10.6. The quantitative estimate of drug-likeness (QED) is 0.695. The molecule has 3 rings (SSSR count). The maximum absolute atomic E-state index is 6.14. The average molecular weight is 202 g/mol. The molecule has 2 aliphatic rings. The number of hydrogen-bond acceptors (Lipinski definition) is 2. The Morgan fingerprint density at radius 1 is 1.33 bits per heavy atom. The zero-order valence-corrected chi connectivity index (χ0v) is 9.24. The van der Waals surface area contributed by atoms with Crippen LogP contribution in [0.5, 0.6) is 0 Å². The van der Waals surface area contributed by atoms with Crippen LogP contribution in [0.2, 0.25) is 0 Å². The third-order valence-electron chi connectivity index (χ3n) is 3.98. The second kappa shape index (κ2) is 3.24. The van der Waals surface area contributed by atoms with Gasteiger partial charge in [0.15, 0.2) is 0 Å². The van der Waals surface area contributed by atoms with E-state index in [-0.39, 0.29) is 0 Å². The number of fused-ring (bicyclic) bond motifs is 3. The summed E-state index contributed by atoms with van der Waals surface area (Å²) >= 11 is 0. The molecule has 2 unspecified atom stereocenters. The normalized spacial score (nSPS) is 28.8. The lowest BCUT2D eigenvalue weighted by molar-refractivity contribution is 0.526. The molecular weight excluding hydrogens is 184 g/mol. The van der Waals surface area contributed by atoms with Gasteiger partial charge in [-0.25, -0.2) is 0 Å². The highest BCUT2D eigenvalue weighted by Crippen LogP contribution is 2.36. The molecule has 0 bridgehead atoms. The number of nitrogens with two attached hydrogens (primary N) is 1. The Balaban J connectivity index is 2.06. The fourth-order valence-electron chi connectivity index (χ4n) is 3.12. The van der Waals surface area contributed by atoms with Crippen LogP contribution in [-0.2, 0) is 6.42 Å². The van der Waals surface area contributed by atoms with Crippen LogP contribution < -0.4 is 10.6 Å². The van der Waals surface area contributed by atoms with Crippen molar-refractivity contribution in [2.45, 2.75) is 38.3 Å². The first-order valence-electron chi connectivity index (χ1n) is 5.88. The molecule has 15 heavy (non-hydrogen) atoms. The molecule has 0 spiro atoms. The van der Waals surface area contributed by atoms with Crippen molar-refractivity contribution in [2.24, 2.45) is 5.73 Å². The summed E-state index contributed by atoms with van der Waals surface area (Å²) in [7, 11) is 0. The van der Waals surface area contributed by atoms with Crippen LogP contribution >= 0.6 is 0 Å². The van der Waals surface area contributed by atoms with Gasteiger partial charge in [0.05, 0.1) is 0 Å². The fourth-order valence-corrected chi connectivity index (χ4v) is 3.12. The molecule has 80 valence electrons. The maximum Gasteiger partial charge on any atom is 0.0445 e. The predicted molar refractivity (Wildman–Crippen MR) is 63.2 cm³/mol. The average Bonchev–Trinajstić information content (AvgIpc) is 2.61. The molecule has 0 aromatic heterocycles. The van der Waals surface area contributed by atoms with Gasteiger partial charge < -0.3 is 10.6 Å². The number of rotatable bonds is 0. The Morgan fingerprint density at radius 3 is 3.07 bits per heavy atom. The Kier molecular flexibility index (Phi) is 1.99. The largest absolute Gasteiger partial charge is 0.367 e. The van der Waals surface area contributed by atoms with Crippen molar-refractivity contribution >= 4 is 5.69 Å². The second-order valence-electron chi connectivity index (χ2n) is 4.82. The van der Waals surface area contributed by atoms with Crippen molar-refractivity contribution in [3.05, 3.63) is 29.3 Å². The molecule has 2 aliphatic heterocycles. The topological polar surface area (TPSA) is 29.3 Å². The zero-order valence-electron chi connectivity index (χ0n) is 9.24. The van der Waals surface area contributed by atoms with Gasteiger partial charge in [-0.15, -0.1) is 0 Å². The van der Waals surface area contributed by atoms with Gasteiger partial charge in [0.2, 0.25) is 0 Å². The molecule has 1 aromatic carbocycles. The van der Waals surface area contributed by atoms with E-state index in [9.17, 15) is 0 Å². The molecule has 2 heteroatoms. The van der Waals surface area contributed by atoms with Gasteiger partial charge in [0.25, 0.3) is 0 Å². The smallest absolute Gasteiger partial charge is 0.0445 e. The van der Waals surface area contributed by atoms with Crippen molar-refractivity contribution in [1.82, 2.24) is 0 Å². The molecule has 2 N–H and O–H groups in total. The van der Waals surface area contributed by atoms with Gasteiger partial charge >= 0.3 is 0 Å². The summed E-state index contributed by atoms with van der Waals surface area (Å²) < 4.78 is 0. The Morgan fingerprint density at radius 2 is 2.20 bits per heavy atom. The molecule has 2 heterocycles. The molecule has 0 saturated carbocycles. The van der Waals surface area contributed by atoms with Gasteiger partial charge in [-0.1, -0.05) is 12.1 Å². The van der Waals surface area contributed by atoms with Gasteiger partial charge in [-0.2, -0.15) is 0 Å². The minimum atomic E-state index is 0.388. The van der Waals surface area contributed by atoms with Crippen LogP contribution in [0.3, 0.4) is 0 Å². The summed E-state index contributed by atoms with van der Waals surface area (Å²) in [6.45, 7) is 3.36. The summed E-state index contributed by atoms with van der Waals surface area (Å²) in [6, 6.07) is 7.63. The first kappa shape index (κ1) is 9.22. The SMILES string of the molecule is Cc1cccc2c1CCC1C(N)CCN21. The van der Waals surface area contributed by atoms with Crippen LogP contribution in [-0.4, -0.2) is 18.6 Å². The number of nitrogens with zero attached hydrogens (tertiary/aromatic N) is 1. The third-order valence-corrected chi connectivity index (χ3v) is 3.98. The molecule has 2 nitrogen and oxygen atoms in total. The van der Waals surface area contributed by atoms with Gasteiger partial charge in [-0.05, 0) is 43.4 Å². The molecule has 0 aliphatic carbocycles. The lowest BCUT2D eigenvalue weighted by Gasteiger charge is -2.35. The van der Waals surface area contributed by atoms with E-state index in [1.54, 1.807) is 5.56 Å². The zero-order chi connectivity index (χ0) is 10.4. The monoisotopic (exact) mass is 202 g/mol. The van der Waals surface area contributed by atoms with E-state index < -0.39 is 0 Å².